The summed E-state index contributed by atoms with van der Waals surface area (Å²) in [6, 6.07) is 0. The molecule has 2 rings (SSSR count). The van der Waals surface area contributed by atoms with Crippen LogP contribution < -0.4 is 0 Å². The quantitative estimate of drug-likeness (QED) is 0.581. The summed E-state index contributed by atoms with van der Waals surface area (Å²) in [7, 11) is 0. The smallest absolute Gasteiger partial charge is 0.367 e. The molecule has 0 spiro atoms. The monoisotopic (exact) mass is 238 g/mol. The van der Waals surface area contributed by atoms with Crippen molar-refractivity contribution in [3.05, 3.63) is 9.81 Å². The van der Waals surface area contributed by atoms with Gasteiger partial charge in [0.2, 0.25) is 12.2 Å². The fourth-order valence-electron chi connectivity index (χ4n) is 1.84. The van der Waals surface area contributed by atoms with Crippen LogP contribution in [0.4, 0.5) is 0 Å². The highest BCUT2D eigenvalue weighted by atomic mass is 17.0. The Labute approximate surface area is 88.2 Å². The van der Waals surface area contributed by atoms with Gasteiger partial charge in [-0.05, 0) is 0 Å². The third-order valence-electron chi connectivity index (χ3n) is 2.41. The second-order valence-electron chi connectivity index (χ2n) is 3.36. The van der Waals surface area contributed by atoms with Crippen LogP contribution in [-0.4, -0.2) is 58.2 Å². The van der Waals surface area contributed by atoms with Gasteiger partial charge in [0, 0.05) is 0 Å². The van der Waals surface area contributed by atoms with Crippen molar-refractivity contribution in [2.45, 2.75) is 24.4 Å². The van der Waals surface area contributed by atoms with Gasteiger partial charge in [-0.15, -0.1) is 0 Å². The summed E-state index contributed by atoms with van der Waals surface area (Å²) >= 11 is 0. The molecule has 0 amide bonds. The van der Waals surface area contributed by atoms with E-state index in [1.807, 2.05) is 0 Å². The first kappa shape index (κ1) is 10.8. The van der Waals surface area contributed by atoms with Crippen molar-refractivity contribution in [2.75, 3.05) is 13.2 Å². The Hall–Kier alpha value is -1.68. The standard InChI is InChI=1S/C6H10N2O8/c9-7(10)15-3-1-13-6-4(16-8(11)12)2-14-5(3)6/h3-6H,1-2H2,(H,9,10)(H,11,12)/q+2/t3-,4+,5-,6-/m1/s1. The van der Waals surface area contributed by atoms with Gasteiger partial charge in [-0.3, -0.25) is 0 Å². The van der Waals surface area contributed by atoms with E-state index in [-0.39, 0.29) is 13.2 Å². The number of hydrogen-bond donors (Lipinski definition) is 2. The van der Waals surface area contributed by atoms with Gasteiger partial charge in [0.25, 0.3) is 0 Å². The van der Waals surface area contributed by atoms with Gasteiger partial charge < -0.3 is 9.47 Å². The van der Waals surface area contributed by atoms with Crippen LogP contribution in [0, 0.1) is 9.81 Å². The molecule has 2 N–H and O–H groups in total. The minimum absolute atomic E-state index is 0.0127. The molecule has 0 aromatic carbocycles. The lowest BCUT2D eigenvalue weighted by atomic mass is 10.1. The third kappa shape index (κ3) is 1.97. The van der Waals surface area contributed by atoms with E-state index in [4.69, 9.17) is 19.9 Å². The summed E-state index contributed by atoms with van der Waals surface area (Å²) in [5.41, 5.74) is 0. The lowest BCUT2D eigenvalue weighted by molar-refractivity contribution is -0.982. The average molecular weight is 238 g/mol. The van der Waals surface area contributed by atoms with Crippen LogP contribution in [0.25, 0.3) is 0 Å². The van der Waals surface area contributed by atoms with Crippen molar-refractivity contribution in [3.63, 3.8) is 0 Å². The zero-order valence-corrected chi connectivity index (χ0v) is 7.96. The van der Waals surface area contributed by atoms with E-state index in [1.54, 1.807) is 0 Å². The van der Waals surface area contributed by atoms with Crippen LogP contribution in [0.1, 0.15) is 0 Å². The zero-order chi connectivity index (χ0) is 11.7. The molecule has 0 bridgehead atoms. The molecule has 10 nitrogen and oxygen atoms in total. The largest absolute Gasteiger partial charge is 0.475 e. The molecule has 2 heterocycles. The van der Waals surface area contributed by atoms with Crippen LogP contribution in [0.15, 0.2) is 0 Å². The van der Waals surface area contributed by atoms with Gasteiger partial charge in [0.15, 0.2) is 0 Å². The molecule has 2 fully saturated rings. The Kier molecular flexibility index (Phi) is 2.75. The van der Waals surface area contributed by atoms with Crippen molar-refractivity contribution >= 4 is 0 Å². The maximum absolute atomic E-state index is 10.3. The normalized spacial score (nSPS) is 36.8. The molecule has 4 atom stereocenters. The van der Waals surface area contributed by atoms with E-state index in [0.29, 0.717) is 0 Å². The van der Waals surface area contributed by atoms with Gasteiger partial charge in [0.05, 0.1) is 13.2 Å². The Balaban J connectivity index is 1.95. The first-order valence-electron chi connectivity index (χ1n) is 4.47. The number of rotatable bonds is 4. The Morgan fingerprint density at radius 1 is 0.938 bits per heavy atom. The summed E-state index contributed by atoms with van der Waals surface area (Å²) in [6.07, 6.45) is -2.82. The second-order valence-corrected chi connectivity index (χ2v) is 3.36. The topological polar surface area (TPSA) is 118 Å². The Bertz CT molecular complexity index is 279. The van der Waals surface area contributed by atoms with E-state index in [2.05, 4.69) is 9.68 Å². The maximum Gasteiger partial charge on any atom is 0.475 e. The van der Waals surface area contributed by atoms with Crippen molar-refractivity contribution < 1.29 is 39.7 Å². The molecule has 10 heteroatoms. The summed E-state index contributed by atoms with van der Waals surface area (Å²) in [5, 5.41) is 15.4. The maximum atomic E-state index is 10.3. The molecule has 0 radical (unpaired) electrons. The van der Waals surface area contributed by atoms with Gasteiger partial charge in [0.1, 0.15) is 22.0 Å². The lowest BCUT2D eigenvalue weighted by Crippen LogP contribution is -2.36. The molecule has 2 aliphatic rings. The highest BCUT2D eigenvalue weighted by Crippen LogP contribution is 2.30. The van der Waals surface area contributed by atoms with Crippen LogP contribution in [0.2, 0.25) is 0 Å². The van der Waals surface area contributed by atoms with Gasteiger partial charge in [-0.1, -0.05) is 0 Å². The van der Waals surface area contributed by atoms with E-state index >= 15 is 0 Å². The summed E-state index contributed by atoms with van der Waals surface area (Å²) in [5.74, 6) is 0. The highest BCUT2D eigenvalue weighted by Gasteiger charge is 2.55. The third-order valence-corrected chi connectivity index (χ3v) is 2.41. The molecular formula is C6H10N2O8+2. The predicted molar refractivity (Wildman–Crippen MR) is 40.1 cm³/mol. The SMILES string of the molecule is O=[N+](O)O[C@H]1CO[C@H]2[C@@H]1OC[C@H]2O[N+](=O)O. The van der Waals surface area contributed by atoms with Crippen molar-refractivity contribution in [1.29, 1.82) is 0 Å². The number of hydrogen-bond acceptors (Lipinski definition) is 6. The van der Waals surface area contributed by atoms with Gasteiger partial charge >= 0.3 is 10.2 Å². The summed E-state index contributed by atoms with van der Waals surface area (Å²) < 4.78 is 10.4. The van der Waals surface area contributed by atoms with Crippen molar-refractivity contribution in [3.8, 4) is 0 Å². The predicted octanol–water partition coefficient (Wildman–Crippen LogP) is -1.28. The minimum Gasteiger partial charge on any atom is -0.367 e. The summed E-state index contributed by atoms with van der Waals surface area (Å²) in [4.78, 5) is 29.4. The van der Waals surface area contributed by atoms with Crippen LogP contribution in [0.3, 0.4) is 0 Å². The molecule has 0 aliphatic carbocycles. The number of nitrogens with zero attached hydrogens (tertiary/aromatic N) is 2. The Morgan fingerprint density at radius 2 is 1.31 bits per heavy atom. The molecule has 90 valence electrons. The first-order chi connectivity index (χ1) is 7.58. The van der Waals surface area contributed by atoms with E-state index in [9.17, 15) is 9.81 Å². The molecule has 2 saturated heterocycles. The fraction of sp³-hybridized carbons (Fsp3) is 1.00. The van der Waals surface area contributed by atoms with Crippen LogP contribution >= 0.6 is 0 Å². The zero-order valence-electron chi connectivity index (χ0n) is 7.96. The van der Waals surface area contributed by atoms with Gasteiger partial charge in [-0.2, -0.15) is 9.68 Å². The Morgan fingerprint density at radius 3 is 1.62 bits per heavy atom. The number of ether oxygens (including phenoxy) is 2. The molecule has 0 aromatic heterocycles. The number of fused-ring (bicyclic) bond motifs is 1. The molecular weight excluding hydrogens is 228 g/mol. The van der Waals surface area contributed by atoms with Crippen LogP contribution in [-0.2, 0) is 19.1 Å². The molecule has 0 unspecified atom stereocenters. The van der Waals surface area contributed by atoms with E-state index in [1.165, 1.54) is 0 Å². The molecule has 16 heavy (non-hydrogen) atoms. The molecule has 0 aromatic rings. The van der Waals surface area contributed by atoms with Crippen molar-refractivity contribution in [2.24, 2.45) is 0 Å². The van der Waals surface area contributed by atoms with Gasteiger partial charge in [-0.25, -0.2) is 10.4 Å². The lowest BCUT2D eigenvalue weighted by Gasteiger charge is -2.08. The fourth-order valence-corrected chi connectivity index (χ4v) is 1.84. The second kappa shape index (κ2) is 4.06. The highest BCUT2D eigenvalue weighted by molar-refractivity contribution is 4.94. The van der Waals surface area contributed by atoms with Crippen LogP contribution in [0.5, 0.6) is 0 Å². The van der Waals surface area contributed by atoms with E-state index in [0.717, 1.165) is 0 Å². The van der Waals surface area contributed by atoms with E-state index < -0.39 is 34.6 Å². The first-order valence-corrected chi connectivity index (χ1v) is 4.47. The molecule has 2 aliphatic heterocycles. The van der Waals surface area contributed by atoms with Crippen molar-refractivity contribution in [1.82, 2.24) is 0 Å². The minimum atomic E-state index is -0.778. The summed E-state index contributed by atoms with van der Waals surface area (Å²) in [6.45, 7) is 0.0254. The molecule has 0 saturated carbocycles. The average Bonchev–Trinajstić information content (AvgIpc) is 2.70.